The Morgan fingerprint density at radius 3 is 2.59 bits per heavy atom. The maximum absolute atomic E-state index is 11.5. The predicted octanol–water partition coefficient (Wildman–Crippen LogP) is 2.76. The fraction of sp³-hybridized carbons (Fsp3) is 0.300. The van der Waals surface area contributed by atoms with E-state index in [1.54, 1.807) is 19.2 Å². The first-order chi connectivity index (χ1) is 12.7. The lowest BCUT2D eigenvalue weighted by atomic mass is 10.1. The second-order valence-electron chi connectivity index (χ2n) is 6.05. The number of rotatable bonds is 5. The summed E-state index contributed by atoms with van der Waals surface area (Å²) in [5.74, 6) is 1.34. The van der Waals surface area contributed by atoms with Crippen LogP contribution in [0.1, 0.15) is 21.5 Å². The Morgan fingerprint density at radius 2 is 1.93 bits per heavy atom. The van der Waals surface area contributed by atoms with Crippen molar-refractivity contribution in [1.29, 1.82) is 0 Å². The number of esters is 1. The minimum Gasteiger partial charge on any atom is -0.488 e. The van der Waals surface area contributed by atoms with Gasteiger partial charge in [-0.15, -0.1) is 24.0 Å². The van der Waals surface area contributed by atoms with Gasteiger partial charge in [0, 0.05) is 20.0 Å². The highest BCUT2D eigenvalue weighted by atomic mass is 127. The quantitative estimate of drug-likeness (QED) is 0.298. The standard InChI is InChI=1S/C20H23N3O3.HI/c1-21-20(22-12-14-7-9-15(10-8-14)19(24)25-2)23-13-17-11-16-5-3-4-6-18(16)26-17;/h3-10,17H,11-13H2,1-2H3,(H2,21,22,23);1H. The van der Waals surface area contributed by atoms with Crippen molar-refractivity contribution in [1.82, 2.24) is 10.6 Å². The highest BCUT2D eigenvalue weighted by Gasteiger charge is 2.22. The minimum atomic E-state index is -0.334. The van der Waals surface area contributed by atoms with Gasteiger partial charge in [-0.1, -0.05) is 30.3 Å². The van der Waals surface area contributed by atoms with Gasteiger partial charge in [0.25, 0.3) is 0 Å². The molecule has 1 aliphatic rings. The number of fused-ring (bicyclic) bond motifs is 1. The number of hydrogen-bond donors (Lipinski definition) is 2. The normalized spacial score (nSPS) is 15.2. The van der Waals surface area contributed by atoms with Crippen LogP contribution >= 0.6 is 24.0 Å². The van der Waals surface area contributed by atoms with Gasteiger partial charge in [-0.2, -0.15) is 0 Å². The van der Waals surface area contributed by atoms with Crippen LogP contribution in [0.4, 0.5) is 0 Å². The zero-order chi connectivity index (χ0) is 18.4. The average molecular weight is 481 g/mol. The number of carbonyl (C=O) groups is 1. The lowest BCUT2D eigenvalue weighted by Gasteiger charge is -2.15. The molecule has 1 atom stereocenters. The topological polar surface area (TPSA) is 72.0 Å². The summed E-state index contributed by atoms with van der Waals surface area (Å²) in [5, 5.41) is 6.56. The van der Waals surface area contributed by atoms with Crippen molar-refractivity contribution in [3.63, 3.8) is 0 Å². The second kappa shape index (κ2) is 10.1. The van der Waals surface area contributed by atoms with E-state index in [1.165, 1.54) is 12.7 Å². The van der Waals surface area contributed by atoms with Gasteiger partial charge in [0.05, 0.1) is 19.2 Å². The molecule has 1 aliphatic heterocycles. The number of halogens is 1. The van der Waals surface area contributed by atoms with Crippen LogP contribution in [0.3, 0.4) is 0 Å². The number of methoxy groups -OCH3 is 1. The third kappa shape index (κ3) is 5.59. The Morgan fingerprint density at radius 1 is 1.19 bits per heavy atom. The first-order valence-electron chi connectivity index (χ1n) is 8.56. The number of para-hydroxylation sites is 1. The Hall–Kier alpha value is -2.29. The summed E-state index contributed by atoms with van der Waals surface area (Å²) < 4.78 is 10.6. The van der Waals surface area contributed by atoms with Crippen LogP contribution in [-0.4, -0.2) is 38.7 Å². The zero-order valence-electron chi connectivity index (χ0n) is 15.4. The van der Waals surface area contributed by atoms with E-state index < -0.39 is 0 Å². The van der Waals surface area contributed by atoms with Gasteiger partial charge in [-0.3, -0.25) is 4.99 Å². The van der Waals surface area contributed by atoms with E-state index in [0.717, 1.165) is 17.7 Å². The summed E-state index contributed by atoms with van der Waals surface area (Å²) in [6, 6.07) is 15.4. The van der Waals surface area contributed by atoms with E-state index in [9.17, 15) is 4.79 Å². The van der Waals surface area contributed by atoms with E-state index >= 15 is 0 Å². The van der Waals surface area contributed by atoms with Crippen molar-refractivity contribution in [3.8, 4) is 5.75 Å². The van der Waals surface area contributed by atoms with Crippen LogP contribution in [0.25, 0.3) is 0 Å². The summed E-state index contributed by atoms with van der Waals surface area (Å²) in [5.41, 5.74) is 2.83. The van der Waals surface area contributed by atoms with E-state index in [0.29, 0.717) is 24.6 Å². The number of ether oxygens (including phenoxy) is 2. The van der Waals surface area contributed by atoms with Crippen molar-refractivity contribution >= 4 is 35.9 Å². The molecule has 0 radical (unpaired) electrons. The van der Waals surface area contributed by atoms with Gasteiger partial charge in [0.2, 0.25) is 0 Å². The molecule has 27 heavy (non-hydrogen) atoms. The molecule has 7 heteroatoms. The maximum atomic E-state index is 11.5. The zero-order valence-corrected chi connectivity index (χ0v) is 17.7. The van der Waals surface area contributed by atoms with Crippen LogP contribution in [0, 0.1) is 0 Å². The number of carbonyl (C=O) groups excluding carboxylic acids is 1. The first kappa shape index (κ1) is 21.0. The van der Waals surface area contributed by atoms with Crippen molar-refractivity contribution in [2.75, 3.05) is 20.7 Å². The van der Waals surface area contributed by atoms with Crippen LogP contribution in [0.15, 0.2) is 53.5 Å². The fourth-order valence-corrected chi connectivity index (χ4v) is 2.86. The third-order valence-electron chi connectivity index (χ3n) is 4.27. The largest absolute Gasteiger partial charge is 0.488 e. The van der Waals surface area contributed by atoms with Crippen molar-refractivity contribution in [2.24, 2.45) is 4.99 Å². The van der Waals surface area contributed by atoms with Gasteiger partial charge in [0.15, 0.2) is 5.96 Å². The van der Waals surface area contributed by atoms with Crippen LogP contribution in [0.2, 0.25) is 0 Å². The molecule has 2 aromatic carbocycles. The van der Waals surface area contributed by atoms with Crippen molar-refractivity contribution in [2.45, 2.75) is 19.1 Å². The number of hydrogen-bond acceptors (Lipinski definition) is 4. The molecule has 1 heterocycles. The molecule has 0 saturated heterocycles. The molecule has 0 aromatic heterocycles. The fourth-order valence-electron chi connectivity index (χ4n) is 2.86. The molecule has 144 valence electrons. The SMILES string of the molecule is CN=C(NCc1ccc(C(=O)OC)cc1)NCC1Cc2ccccc2O1.I. The second-order valence-corrected chi connectivity index (χ2v) is 6.05. The molecule has 1 unspecified atom stereocenters. The molecule has 0 aliphatic carbocycles. The van der Waals surface area contributed by atoms with Crippen molar-refractivity contribution in [3.05, 3.63) is 65.2 Å². The maximum Gasteiger partial charge on any atom is 0.337 e. The summed E-state index contributed by atoms with van der Waals surface area (Å²) in [6.07, 6.45) is 1.00. The number of guanidine groups is 1. The Labute approximate surface area is 176 Å². The minimum absolute atomic E-state index is 0. The molecular weight excluding hydrogens is 457 g/mol. The molecule has 0 fully saturated rings. The van der Waals surface area contributed by atoms with Crippen LogP contribution in [0.5, 0.6) is 5.75 Å². The molecule has 0 bridgehead atoms. The molecule has 2 N–H and O–H groups in total. The molecule has 0 saturated carbocycles. The van der Waals surface area contributed by atoms with E-state index in [1.807, 2.05) is 30.3 Å². The van der Waals surface area contributed by atoms with E-state index in [4.69, 9.17) is 9.47 Å². The van der Waals surface area contributed by atoms with Crippen molar-refractivity contribution < 1.29 is 14.3 Å². The highest BCUT2D eigenvalue weighted by molar-refractivity contribution is 14.0. The Bertz CT molecular complexity index is 768. The number of benzene rings is 2. The lowest BCUT2D eigenvalue weighted by Crippen LogP contribution is -2.41. The van der Waals surface area contributed by atoms with Gasteiger partial charge < -0.3 is 20.1 Å². The van der Waals surface area contributed by atoms with E-state index in [-0.39, 0.29) is 36.0 Å². The lowest BCUT2D eigenvalue weighted by molar-refractivity contribution is 0.0600. The smallest absolute Gasteiger partial charge is 0.337 e. The highest BCUT2D eigenvalue weighted by Crippen LogP contribution is 2.27. The summed E-state index contributed by atoms with van der Waals surface area (Å²) in [6.45, 7) is 1.28. The third-order valence-corrected chi connectivity index (χ3v) is 4.27. The number of nitrogens with zero attached hydrogens (tertiary/aromatic N) is 1. The van der Waals surface area contributed by atoms with Crippen LogP contribution < -0.4 is 15.4 Å². The average Bonchev–Trinajstić information content (AvgIpc) is 3.11. The molecule has 0 amide bonds. The summed E-state index contributed by atoms with van der Waals surface area (Å²) >= 11 is 0. The van der Waals surface area contributed by atoms with E-state index in [2.05, 4.69) is 21.7 Å². The van der Waals surface area contributed by atoms with Gasteiger partial charge in [-0.05, 0) is 29.3 Å². The molecule has 2 aromatic rings. The summed E-state index contributed by atoms with van der Waals surface area (Å²) in [7, 11) is 3.11. The first-order valence-corrected chi connectivity index (χ1v) is 8.56. The van der Waals surface area contributed by atoms with Gasteiger partial charge >= 0.3 is 5.97 Å². The molecular formula is C20H24IN3O3. The van der Waals surface area contributed by atoms with Gasteiger partial charge in [0.1, 0.15) is 11.9 Å². The molecule has 3 rings (SSSR count). The molecule has 6 nitrogen and oxygen atoms in total. The Kier molecular flexibility index (Phi) is 7.90. The number of aliphatic imine (C=N–C) groups is 1. The monoisotopic (exact) mass is 481 g/mol. The number of nitrogens with one attached hydrogen (secondary N) is 2. The van der Waals surface area contributed by atoms with Gasteiger partial charge in [-0.25, -0.2) is 4.79 Å². The predicted molar refractivity (Wildman–Crippen MR) is 116 cm³/mol. The molecule has 0 spiro atoms. The summed E-state index contributed by atoms with van der Waals surface area (Å²) in [4.78, 5) is 15.7. The van der Waals surface area contributed by atoms with Crippen LogP contribution in [-0.2, 0) is 17.7 Å². The Balaban J connectivity index is 0.00000261.